The minimum absolute atomic E-state index is 0.367. The van der Waals surface area contributed by atoms with Gasteiger partial charge in [-0.1, -0.05) is 378 Å². The number of unbranched alkanes of at least 4 members (excludes halogenated alkanes) is 57. The van der Waals surface area contributed by atoms with Crippen molar-refractivity contribution < 1.29 is 25.2 Å². The van der Waals surface area contributed by atoms with E-state index in [1.807, 2.05) is 0 Å². The number of allylic oxidation sites excluding steroid dienone is 4. The number of hydrogen-bond donors (Lipinski definition) is 5. The Morgan fingerprint density at radius 3 is 0.741 bits per heavy atom. The van der Waals surface area contributed by atoms with E-state index in [-0.39, 0.29) is 0 Å². The van der Waals surface area contributed by atoms with Crippen LogP contribution < -0.4 is 5.32 Å². The third-order valence-corrected chi connectivity index (χ3v) is 17.9. The molecule has 0 aliphatic heterocycles. The molecule has 0 aromatic rings. The molecule has 0 aliphatic rings. The number of nitrogens with one attached hydrogen (secondary N) is 1. The predicted molar refractivity (Wildman–Crippen MR) is 358 cm³/mol. The maximum Gasteiger partial charge on any atom is 0.249 e. The van der Waals surface area contributed by atoms with Gasteiger partial charge in [0.25, 0.3) is 0 Å². The van der Waals surface area contributed by atoms with Crippen LogP contribution in [0.5, 0.6) is 0 Å². The highest BCUT2D eigenvalue weighted by molar-refractivity contribution is 5.80. The number of rotatable bonds is 70. The fraction of sp³-hybridized carbons (Fsp3) is 0.933. The molecule has 0 saturated carbocycles. The third kappa shape index (κ3) is 63.1. The SMILES string of the molecule is CCCCCCCCCCCCCCCCCCCC/C=C\CCCCCCCCCCCCCCCCCCC(O)C(=O)NC(CO)C(O)C(O)CCC/C=C/CCCCCCCCCCCCCCCCCCCCCCCC. The lowest BCUT2D eigenvalue weighted by Gasteiger charge is -2.27. The minimum Gasteiger partial charge on any atom is -0.394 e. The lowest BCUT2D eigenvalue weighted by molar-refractivity contribution is -0.132. The Balaban J connectivity index is 3.52. The van der Waals surface area contributed by atoms with Crippen LogP contribution in [0.2, 0.25) is 0 Å². The molecule has 4 unspecified atom stereocenters. The Morgan fingerprint density at radius 2 is 0.506 bits per heavy atom. The molecular formula is C75H147NO5. The average molecular weight is 1140 g/mol. The van der Waals surface area contributed by atoms with Crippen LogP contribution in [0, 0.1) is 0 Å². The van der Waals surface area contributed by atoms with E-state index in [1.54, 1.807) is 0 Å². The van der Waals surface area contributed by atoms with Crippen LogP contribution in [-0.4, -0.2) is 57.3 Å². The first-order chi connectivity index (χ1) is 40.0. The zero-order valence-corrected chi connectivity index (χ0v) is 55.1. The summed E-state index contributed by atoms with van der Waals surface area (Å²) < 4.78 is 0. The summed E-state index contributed by atoms with van der Waals surface area (Å²) in [5.74, 6) is -0.585. The van der Waals surface area contributed by atoms with Gasteiger partial charge in [-0.2, -0.15) is 0 Å². The molecule has 1 amide bonds. The molecule has 6 heteroatoms. The van der Waals surface area contributed by atoms with E-state index < -0.39 is 36.9 Å². The van der Waals surface area contributed by atoms with Crippen LogP contribution in [0.25, 0.3) is 0 Å². The van der Waals surface area contributed by atoms with Gasteiger partial charge in [0, 0.05) is 0 Å². The molecule has 0 spiro atoms. The molecule has 0 aliphatic carbocycles. The highest BCUT2D eigenvalue weighted by atomic mass is 16.3. The standard InChI is InChI=1S/C75H147NO5/c1-3-5-7-9-11-13-15-17-19-21-23-25-27-29-31-32-33-34-35-36-37-38-39-40-41-43-45-47-49-51-53-55-57-59-61-63-65-67-69-73(79)75(81)76-71(70-77)74(80)72(78)68-66-64-62-60-58-56-54-52-50-48-46-44-42-30-28-26-24-22-20-18-16-14-12-10-8-6-4-2/h36-37,60,62,71-74,77-80H,3-35,38-59,61,63-70H2,1-2H3,(H,76,81)/b37-36-,62-60+. The number of hydrogen-bond acceptors (Lipinski definition) is 5. The predicted octanol–water partition coefficient (Wildman–Crippen LogP) is 23.3. The normalized spacial score (nSPS) is 13.5. The first-order valence-corrected chi connectivity index (χ1v) is 37.2. The molecule has 0 saturated heterocycles. The number of aliphatic hydroxyl groups excluding tert-OH is 4. The fourth-order valence-electron chi connectivity index (χ4n) is 12.1. The quantitative estimate of drug-likeness (QED) is 0.0308. The monoisotopic (exact) mass is 1140 g/mol. The van der Waals surface area contributed by atoms with Gasteiger partial charge in [-0.05, 0) is 64.2 Å². The highest BCUT2D eigenvalue weighted by Crippen LogP contribution is 2.20. The first-order valence-electron chi connectivity index (χ1n) is 37.2. The number of amides is 1. The average Bonchev–Trinajstić information content (AvgIpc) is 3.47. The van der Waals surface area contributed by atoms with Crippen molar-refractivity contribution in [3.63, 3.8) is 0 Å². The van der Waals surface area contributed by atoms with E-state index in [0.29, 0.717) is 12.8 Å². The van der Waals surface area contributed by atoms with E-state index in [9.17, 15) is 25.2 Å². The number of carbonyl (C=O) groups is 1. The van der Waals surface area contributed by atoms with Crippen LogP contribution in [0.3, 0.4) is 0 Å². The van der Waals surface area contributed by atoms with Crippen molar-refractivity contribution in [2.75, 3.05) is 6.61 Å². The molecule has 5 N–H and O–H groups in total. The molecule has 0 radical (unpaired) electrons. The van der Waals surface area contributed by atoms with Gasteiger partial charge < -0.3 is 25.7 Å². The van der Waals surface area contributed by atoms with Gasteiger partial charge >= 0.3 is 0 Å². The molecule has 0 fully saturated rings. The van der Waals surface area contributed by atoms with Gasteiger partial charge in [0.05, 0.1) is 18.8 Å². The Morgan fingerprint density at radius 1 is 0.296 bits per heavy atom. The second-order valence-electron chi connectivity index (χ2n) is 26.0. The van der Waals surface area contributed by atoms with Crippen molar-refractivity contribution in [1.82, 2.24) is 5.32 Å². The Kier molecular flexibility index (Phi) is 68.5. The summed E-state index contributed by atoms with van der Waals surface area (Å²) in [7, 11) is 0. The van der Waals surface area contributed by atoms with Gasteiger partial charge in [-0.3, -0.25) is 4.79 Å². The summed E-state index contributed by atoms with van der Waals surface area (Å²) in [5, 5.41) is 44.2. The van der Waals surface area contributed by atoms with E-state index >= 15 is 0 Å². The van der Waals surface area contributed by atoms with Gasteiger partial charge in [0.1, 0.15) is 12.2 Å². The second-order valence-corrected chi connectivity index (χ2v) is 26.0. The van der Waals surface area contributed by atoms with Gasteiger partial charge in [-0.25, -0.2) is 0 Å². The number of aliphatic hydroxyl groups is 4. The van der Waals surface area contributed by atoms with Crippen LogP contribution in [0.1, 0.15) is 418 Å². The first kappa shape index (κ1) is 79.8. The topological polar surface area (TPSA) is 110 Å². The zero-order chi connectivity index (χ0) is 58.7. The zero-order valence-electron chi connectivity index (χ0n) is 55.1. The second kappa shape index (κ2) is 69.6. The van der Waals surface area contributed by atoms with Gasteiger partial charge in [0.15, 0.2) is 0 Å². The van der Waals surface area contributed by atoms with Crippen LogP contribution >= 0.6 is 0 Å². The molecule has 0 bridgehead atoms. The highest BCUT2D eigenvalue weighted by Gasteiger charge is 2.28. The summed E-state index contributed by atoms with van der Waals surface area (Å²) in [4.78, 5) is 12.7. The molecule has 0 heterocycles. The van der Waals surface area contributed by atoms with Crippen molar-refractivity contribution in [1.29, 1.82) is 0 Å². The molecule has 4 atom stereocenters. The molecule has 0 aromatic carbocycles. The van der Waals surface area contributed by atoms with Crippen LogP contribution in [0.4, 0.5) is 0 Å². The summed E-state index contributed by atoms with van der Waals surface area (Å²) in [5.41, 5.74) is 0. The summed E-state index contributed by atoms with van der Waals surface area (Å²) in [6.45, 7) is 4.11. The maximum absolute atomic E-state index is 12.7. The lowest BCUT2D eigenvalue weighted by atomic mass is 10.00. The molecule has 0 rings (SSSR count). The lowest BCUT2D eigenvalue weighted by Crippen LogP contribution is -2.53. The van der Waals surface area contributed by atoms with Gasteiger partial charge in [0.2, 0.25) is 5.91 Å². The Hall–Kier alpha value is -1.21. The minimum atomic E-state index is -1.28. The van der Waals surface area contributed by atoms with E-state index in [2.05, 4.69) is 43.5 Å². The van der Waals surface area contributed by atoms with Gasteiger partial charge in [-0.15, -0.1) is 0 Å². The molecule has 81 heavy (non-hydrogen) atoms. The third-order valence-electron chi connectivity index (χ3n) is 17.9. The molecular weight excluding hydrogens is 995 g/mol. The fourth-order valence-corrected chi connectivity index (χ4v) is 12.1. The summed E-state index contributed by atoms with van der Waals surface area (Å²) in [6.07, 6.45) is 89.1. The van der Waals surface area contributed by atoms with Crippen LogP contribution in [-0.2, 0) is 4.79 Å². The van der Waals surface area contributed by atoms with Crippen molar-refractivity contribution >= 4 is 5.91 Å². The van der Waals surface area contributed by atoms with E-state index in [1.165, 1.54) is 353 Å². The summed E-state index contributed by atoms with van der Waals surface area (Å²) in [6, 6.07) is -1.00. The summed E-state index contributed by atoms with van der Waals surface area (Å²) >= 11 is 0. The van der Waals surface area contributed by atoms with Crippen molar-refractivity contribution in [3.8, 4) is 0 Å². The largest absolute Gasteiger partial charge is 0.394 e. The Labute approximate surface area is 507 Å². The van der Waals surface area contributed by atoms with E-state index in [0.717, 1.165) is 38.5 Å². The van der Waals surface area contributed by atoms with Crippen molar-refractivity contribution in [2.24, 2.45) is 0 Å². The molecule has 6 nitrogen and oxygen atoms in total. The number of carbonyl (C=O) groups excluding carboxylic acids is 1. The van der Waals surface area contributed by atoms with Crippen molar-refractivity contribution in [2.45, 2.75) is 443 Å². The molecule has 0 aromatic heterocycles. The van der Waals surface area contributed by atoms with E-state index in [4.69, 9.17) is 0 Å². The Bertz CT molecular complexity index is 1240. The smallest absolute Gasteiger partial charge is 0.249 e. The van der Waals surface area contributed by atoms with Crippen LogP contribution in [0.15, 0.2) is 24.3 Å². The maximum atomic E-state index is 12.7. The molecule has 482 valence electrons. The van der Waals surface area contributed by atoms with Crippen molar-refractivity contribution in [3.05, 3.63) is 24.3 Å².